The summed E-state index contributed by atoms with van der Waals surface area (Å²) in [7, 11) is 0. The normalized spacial score (nSPS) is 14.7. The van der Waals surface area contributed by atoms with Crippen molar-refractivity contribution in [2.75, 3.05) is 11.9 Å². The summed E-state index contributed by atoms with van der Waals surface area (Å²) in [6, 6.07) is 4.12. The van der Waals surface area contributed by atoms with Crippen LogP contribution in [-0.4, -0.2) is 23.5 Å². The fraction of sp³-hybridized carbons (Fsp3) is 0.400. The molecule has 0 aromatic carbocycles. The van der Waals surface area contributed by atoms with Crippen LogP contribution in [0.4, 0.5) is 5.82 Å². The molecule has 1 heterocycles. The molecule has 0 saturated heterocycles. The summed E-state index contributed by atoms with van der Waals surface area (Å²) in [4.78, 5) is 15.4. The van der Waals surface area contributed by atoms with Crippen LogP contribution in [0.15, 0.2) is 22.8 Å². The lowest BCUT2D eigenvalue weighted by atomic mass is 10.4. The van der Waals surface area contributed by atoms with E-state index in [0.717, 1.165) is 17.3 Å². The minimum Gasteiger partial charge on any atom is -0.361 e. The summed E-state index contributed by atoms with van der Waals surface area (Å²) in [6.45, 7) is 0.283. The van der Waals surface area contributed by atoms with Gasteiger partial charge in [-0.25, -0.2) is 4.98 Å². The monoisotopic (exact) mass is 269 g/mol. The third-order valence-corrected chi connectivity index (χ3v) is 2.57. The smallest absolute Gasteiger partial charge is 0.239 e. The van der Waals surface area contributed by atoms with Gasteiger partial charge in [-0.2, -0.15) is 0 Å². The molecular weight excluding hydrogens is 258 g/mol. The van der Waals surface area contributed by atoms with E-state index in [1.54, 1.807) is 6.20 Å². The Balaban J connectivity index is 1.76. The van der Waals surface area contributed by atoms with Gasteiger partial charge in [0.25, 0.3) is 0 Å². The zero-order chi connectivity index (χ0) is 10.7. The van der Waals surface area contributed by atoms with Gasteiger partial charge in [0.05, 0.1) is 6.54 Å². The van der Waals surface area contributed by atoms with Crippen molar-refractivity contribution < 1.29 is 4.79 Å². The van der Waals surface area contributed by atoms with Crippen LogP contribution >= 0.6 is 15.9 Å². The standard InChI is InChI=1S/C10H12BrN3O/c11-7-1-4-9(12-5-7)13-6-10(15)14-8-2-3-8/h1,4-5,8H,2-3,6H2,(H,12,13)(H,14,15). The maximum Gasteiger partial charge on any atom is 0.239 e. The van der Waals surface area contributed by atoms with E-state index >= 15 is 0 Å². The van der Waals surface area contributed by atoms with Crippen LogP contribution in [0, 0.1) is 0 Å². The molecule has 0 radical (unpaired) electrons. The van der Waals surface area contributed by atoms with E-state index in [4.69, 9.17) is 0 Å². The van der Waals surface area contributed by atoms with Crippen molar-refractivity contribution in [3.63, 3.8) is 0 Å². The van der Waals surface area contributed by atoms with Crippen molar-refractivity contribution in [1.29, 1.82) is 0 Å². The number of anilines is 1. The van der Waals surface area contributed by atoms with Crippen LogP contribution < -0.4 is 10.6 Å². The molecule has 1 saturated carbocycles. The van der Waals surface area contributed by atoms with Gasteiger partial charge in [0.1, 0.15) is 5.82 Å². The number of nitrogens with zero attached hydrogens (tertiary/aromatic N) is 1. The van der Waals surface area contributed by atoms with Crippen LogP contribution in [0.1, 0.15) is 12.8 Å². The molecule has 1 aromatic heterocycles. The molecule has 0 spiro atoms. The zero-order valence-electron chi connectivity index (χ0n) is 8.16. The van der Waals surface area contributed by atoms with Crippen molar-refractivity contribution in [3.05, 3.63) is 22.8 Å². The third-order valence-electron chi connectivity index (χ3n) is 2.10. The molecular formula is C10H12BrN3O. The maximum absolute atomic E-state index is 11.3. The highest BCUT2D eigenvalue weighted by Gasteiger charge is 2.22. The highest BCUT2D eigenvalue weighted by atomic mass is 79.9. The van der Waals surface area contributed by atoms with Crippen molar-refractivity contribution in [2.24, 2.45) is 0 Å². The van der Waals surface area contributed by atoms with E-state index in [2.05, 4.69) is 31.5 Å². The highest BCUT2D eigenvalue weighted by molar-refractivity contribution is 9.10. The van der Waals surface area contributed by atoms with E-state index in [0.29, 0.717) is 11.9 Å². The van der Waals surface area contributed by atoms with Gasteiger partial charge in [-0.15, -0.1) is 0 Å². The molecule has 1 aliphatic rings. The van der Waals surface area contributed by atoms with Gasteiger partial charge >= 0.3 is 0 Å². The first-order chi connectivity index (χ1) is 7.24. The number of halogens is 1. The Morgan fingerprint density at radius 3 is 2.93 bits per heavy atom. The number of hydrogen-bond donors (Lipinski definition) is 2. The minimum absolute atomic E-state index is 0.0298. The molecule has 2 rings (SSSR count). The van der Waals surface area contributed by atoms with Crippen molar-refractivity contribution in [3.8, 4) is 0 Å². The van der Waals surface area contributed by atoms with Crippen molar-refractivity contribution in [2.45, 2.75) is 18.9 Å². The fourth-order valence-electron chi connectivity index (χ4n) is 1.16. The Morgan fingerprint density at radius 2 is 2.33 bits per heavy atom. The molecule has 1 aliphatic carbocycles. The minimum atomic E-state index is 0.0298. The van der Waals surface area contributed by atoms with Gasteiger partial charge in [0.2, 0.25) is 5.91 Å². The van der Waals surface area contributed by atoms with Crippen LogP contribution in [0.25, 0.3) is 0 Å². The van der Waals surface area contributed by atoms with E-state index in [-0.39, 0.29) is 12.5 Å². The quantitative estimate of drug-likeness (QED) is 0.872. The first kappa shape index (κ1) is 10.4. The first-order valence-electron chi connectivity index (χ1n) is 4.89. The second kappa shape index (κ2) is 4.61. The fourth-order valence-corrected chi connectivity index (χ4v) is 1.39. The number of nitrogens with one attached hydrogen (secondary N) is 2. The SMILES string of the molecule is O=C(CNc1ccc(Br)cn1)NC1CC1. The molecule has 0 aliphatic heterocycles. The molecule has 1 amide bonds. The number of rotatable bonds is 4. The number of carbonyl (C=O) groups is 1. The van der Waals surface area contributed by atoms with E-state index in [1.807, 2.05) is 12.1 Å². The average molecular weight is 270 g/mol. The van der Waals surface area contributed by atoms with E-state index in [9.17, 15) is 4.79 Å². The largest absolute Gasteiger partial charge is 0.361 e. The Kier molecular flexibility index (Phi) is 3.20. The summed E-state index contributed by atoms with van der Waals surface area (Å²) in [5.74, 6) is 0.742. The molecule has 1 fully saturated rings. The van der Waals surface area contributed by atoms with Crippen LogP contribution in [0.5, 0.6) is 0 Å². The maximum atomic E-state index is 11.3. The predicted molar refractivity (Wildman–Crippen MR) is 61.6 cm³/mol. The molecule has 0 atom stereocenters. The molecule has 0 bridgehead atoms. The number of amides is 1. The summed E-state index contributed by atoms with van der Waals surface area (Å²) in [5.41, 5.74) is 0. The van der Waals surface area contributed by atoms with Crippen LogP contribution in [0.2, 0.25) is 0 Å². The molecule has 2 N–H and O–H groups in total. The predicted octanol–water partition coefficient (Wildman–Crippen LogP) is 1.53. The van der Waals surface area contributed by atoms with Crippen molar-refractivity contribution >= 4 is 27.7 Å². The van der Waals surface area contributed by atoms with Gasteiger partial charge in [0, 0.05) is 16.7 Å². The van der Waals surface area contributed by atoms with Crippen LogP contribution in [0.3, 0.4) is 0 Å². The van der Waals surface area contributed by atoms with Crippen molar-refractivity contribution in [1.82, 2.24) is 10.3 Å². The van der Waals surface area contributed by atoms with Crippen LogP contribution in [-0.2, 0) is 4.79 Å². The van der Waals surface area contributed by atoms with E-state index < -0.39 is 0 Å². The summed E-state index contributed by atoms with van der Waals surface area (Å²) in [5, 5.41) is 5.86. The topological polar surface area (TPSA) is 54.0 Å². The van der Waals surface area contributed by atoms with Gasteiger partial charge in [0.15, 0.2) is 0 Å². The summed E-state index contributed by atoms with van der Waals surface area (Å²) in [6.07, 6.45) is 3.92. The van der Waals surface area contributed by atoms with Gasteiger partial charge in [-0.1, -0.05) is 0 Å². The molecule has 80 valence electrons. The Morgan fingerprint density at radius 1 is 1.53 bits per heavy atom. The first-order valence-corrected chi connectivity index (χ1v) is 5.68. The number of carbonyl (C=O) groups excluding carboxylic acids is 1. The Bertz CT molecular complexity index is 348. The Labute approximate surface area is 96.6 Å². The number of aromatic nitrogens is 1. The number of hydrogen-bond acceptors (Lipinski definition) is 3. The molecule has 1 aromatic rings. The lowest BCUT2D eigenvalue weighted by Gasteiger charge is -2.05. The zero-order valence-corrected chi connectivity index (χ0v) is 9.75. The second-order valence-corrected chi connectivity index (χ2v) is 4.47. The lowest BCUT2D eigenvalue weighted by molar-refractivity contribution is -0.119. The van der Waals surface area contributed by atoms with Gasteiger partial charge in [-0.05, 0) is 40.9 Å². The summed E-state index contributed by atoms with van der Waals surface area (Å²) >= 11 is 3.30. The molecule has 15 heavy (non-hydrogen) atoms. The third kappa shape index (κ3) is 3.51. The highest BCUT2D eigenvalue weighted by Crippen LogP contribution is 2.18. The molecule has 5 heteroatoms. The molecule has 0 unspecified atom stereocenters. The van der Waals surface area contributed by atoms with E-state index in [1.165, 1.54) is 0 Å². The van der Waals surface area contributed by atoms with Gasteiger partial charge < -0.3 is 10.6 Å². The lowest BCUT2D eigenvalue weighted by Crippen LogP contribution is -2.31. The van der Waals surface area contributed by atoms with Gasteiger partial charge in [-0.3, -0.25) is 4.79 Å². The Hall–Kier alpha value is -1.10. The average Bonchev–Trinajstić information content (AvgIpc) is 3.01. The molecule has 4 nitrogen and oxygen atoms in total. The number of pyridine rings is 1. The second-order valence-electron chi connectivity index (χ2n) is 3.56. The summed E-state index contributed by atoms with van der Waals surface area (Å²) < 4.78 is 0.926.